The zero-order valence-electron chi connectivity index (χ0n) is 31.6. The van der Waals surface area contributed by atoms with Crippen molar-refractivity contribution in [1.82, 2.24) is 19.7 Å². The molecule has 59 heavy (non-hydrogen) atoms. The van der Waals surface area contributed by atoms with Crippen LogP contribution in [-0.4, -0.2) is 100 Å². The number of carbonyl (C=O) groups excluding carboxylic acids is 3. The SMILES string of the molecule is C#CC(C)Oc1cc(N2C(=O)C3=C(CCCC3)C2=O)c(F)cc1Cl.COc1nc(C)nc(NC(=O)NS(=O)(=O)c2ccsc2C(=O)O)n1.CP(=O)(O)CCC(N)C(=O)O. The van der Waals surface area contributed by atoms with Crippen molar-refractivity contribution >= 4 is 81.7 Å². The van der Waals surface area contributed by atoms with Gasteiger partial charge in [0.2, 0.25) is 5.95 Å². The van der Waals surface area contributed by atoms with Crippen molar-refractivity contribution in [3.05, 3.63) is 56.3 Å². The second kappa shape index (κ2) is 20.5. The molecule has 0 fully saturated rings. The number of ether oxygens (including phenoxy) is 2. The number of anilines is 2. The van der Waals surface area contributed by atoms with Crippen LogP contribution in [0.1, 0.15) is 54.5 Å². The molecule has 2 aromatic heterocycles. The van der Waals surface area contributed by atoms with E-state index in [2.05, 4.69) is 26.2 Å². The standard InChI is InChI=1S/C18H15ClFNO3.C11H11N5O6S2.C5H12NO4P/c1-3-10(2)24-16-9-15(14(20)8-13(16)19)21-17(22)11-6-4-5-7-12(11)18(21)23;1-5-12-9(15-11(13-5)22-2)14-10(19)16-24(20,21)6-3-4-23-7(6)8(17)18;1-11(9,10)3-2-4(6)5(7)8/h1,8-10H,4-7H2,2H3;3-4H,1-2H3,(H,17,18)(H2,12,13,14,15,16,19);4H,2-3,6H2,1H3,(H,7,8)(H,9,10). The summed E-state index contributed by atoms with van der Waals surface area (Å²) in [4.78, 5) is 78.1. The second-order valence-electron chi connectivity index (χ2n) is 12.5. The van der Waals surface area contributed by atoms with Gasteiger partial charge in [-0.2, -0.15) is 15.0 Å². The number of nitrogens with zero attached hydrogens (tertiary/aromatic N) is 4. The summed E-state index contributed by atoms with van der Waals surface area (Å²) in [5.74, 6) is -1.73. The molecule has 318 valence electrons. The maximum atomic E-state index is 14.4. The molecular weight excluding hydrogens is 864 g/mol. The van der Waals surface area contributed by atoms with Gasteiger partial charge in [0, 0.05) is 30.0 Å². The molecule has 3 heterocycles. The van der Waals surface area contributed by atoms with Crippen LogP contribution in [0.2, 0.25) is 5.02 Å². The molecule has 20 nitrogen and oxygen atoms in total. The first kappa shape index (κ1) is 47.9. The summed E-state index contributed by atoms with van der Waals surface area (Å²) in [6.45, 7) is 4.34. The Morgan fingerprint density at radius 3 is 2.29 bits per heavy atom. The fourth-order valence-corrected chi connectivity index (χ4v) is 8.16. The van der Waals surface area contributed by atoms with Crippen molar-refractivity contribution in [2.75, 3.05) is 30.2 Å². The Labute approximate surface area is 345 Å². The van der Waals surface area contributed by atoms with Crippen molar-refractivity contribution in [3.63, 3.8) is 0 Å². The molecule has 0 saturated carbocycles. The fourth-order valence-electron chi connectivity index (χ4n) is 5.04. The Kier molecular flexibility index (Phi) is 16.6. The lowest BCUT2D eigenvalue weighted by molar-refractivity contribution is -0.138. The minimum absolute atomic E-state index is 0.0233. The highest BCUT2D eigenvalue weighted by Crippen LogP contribution is 2.40. The summed E-state index contributed by atoms with van der Waals surface area (Å²) < 4.78 is 61.2. The molecule has 1 aliphatic heterocycles. The molecule has 3 aromatic rings. The maximum Gasteiger partial charge on any atom is 0.347 e. The van der Waals surface area contributed by atoms with Gasteiger partial charge in [-0.05, 0) is 63.5 Å². The number of urea groups is 1. The van der Waals surface area contributed by atoms with E-state index < -0.39 is 74.9 Å². The summed E-state index contributed by atoms with van der Waals surface area (Å²) >= 11 is 6.69. The number of hydrogen-bond donors (Lipinski definition) is 6. The van der Waals surface area contributed by atoms with E-state index in [4.69, 9.17) is 48.3 Å². The number of nitrogens with one attached hydrogen (secondary N) is 2. The average molecular weight is 902 g/mol. The molecule has 4 amide bonds. The van der Waals surface area contributed by atoms with E-state index >= 15 is 0 Å². The molecule has 1 aromatic carbocycles. The molecule has 25 heteroatoms. The highest BCUT2D eigenvalue weighted by molar-refractivity contribution is 7.90. The summed E-state index contributed by atoms with van der Waals surface area (Å²) in [5.41, 5.74) is 5.90. The molecule has 0 radical (unpaired) electrons. The molecule has 5 rings (SSSR count). The van der Waals surface area contributed by atoms with Crippen LogP contribution in [-0.2, 0) is 29.0 Å². The lowest BCUT2D eigenvalue weighted by atomic mass is 9.93. The van der Waals surface area contributed by atoms with Gasteiger partial charge in [0.15, 0.2) is 13.5 Å². The van der Waals surface area contributed by atoms with Gasteiger partial charge < -0.3 is 30.3 Å². The number of aliphatic carboxylic acids is 1. The molecule has 7 N–H and O–H groups in total. The van der Waals surface area contributed by atoms with Gasteiger partial charge in [-0.25, -0.2) is 32.0 Å². The number of rotatable bonds is 12. The number of thiophene rings is 1. The van der Waals surface area contributed by atoms with Crippen molar-refractivity contribution in [2.24, 2.45) is 5.73 Å². The monoisotopic (exact) mass is 901 g/mol. The van der Waals surface area contributed by atoms with E-state index in [0.29, 0.717) is 24.0 Å². The summed E-state index contributed by atoms with van der Waals surface area (Å²) in [6.07, 6.45) is 7.47. The number of terminal acetylenes is 1. The number of hydrogen-bond acceptors (Lipinski definition) is 15. The number of aromatic carboxylic acids is 1. The Morgan fingerprint density at radius 2 is 1.76 bits per heavy atom. The Bertz CT molecular complexity index is 2340. The molecule has 2 aliphatic rings. The highest BCUT2D eigenvalue weighted by Gasteiger charge is 2.41. The second-order valence-corrected chi connectivity index (χ2v) is 18.0. The third-order valence-corrected chi connectivity index (χ3v) is 11.6. The number of carboxylic acid groups (broad SMARTS) is 2. The average Bonchev–Trinajstić information content (AvgIpc) is 3.75. The molecule has 3 atom stereocenters. The van der Waals surface area contributed by atoms with Crippen molar-refractivity contribution < 1.29 is 65.9 Å². The zero-order chi connectivity index (χ0) is 44.4. The third kappa shape index (κ3) is 13.3. The van der Waals surface area contributed by atoms with Gasteiger partial charge in [-0.15, -0.1) is 17.8 Å². The minimum Gasteiger partial charge on any atom is -0.480 e. The topological polar surface area (TPSA) is 308 Å². The van der Waals surface area contributed by atoms with Crippen LogP contribution in [0.4, 0.5) is 20.8 Å². The summed E-state index contributed by atoms with van der Waals surface area (Å²) in [7, 11) is -6.16. The highest BCUT2D eigenvalue weighted by atomic mass is 35.5. The smallest absolute Gasteiger partial charge is 0.347 e. The van der Waals surface area contributed by atoms with Gasteiger partial charge in [0.05, 0.1) is 17.8 Å². The van der Waals surface area contributed by atoms with Crippen LogP contribution >= 0.6 is 30.3 Å². The van der Waals surface area contributed by atoms with Crippen molar-refractivity contribution in [3.8, 4) is 24.1 Å². The number of sulfonamides is 1. The van der Waals surface area contributed by atoms with Crippen LogP contribution < -0.4 is 30.1 Å². The number of nitrogens with two attached hydrogens (primary N) is 1. The number of imide groups is 1. The van der Waals surface area contributed by atoms with E-state index in [1.807, 2.05) is 0 Å². The number of aromatic nitrogens is 3. The van der Waals surface area contributed by atoms with Crippen molar-refractivity contribution in [2.45, 2.75) is 63.0 Å². The normalized spacial score (nSPS) is 15.5. The lowest BCUT2D eigenvalue weighted by Gasteiger charge is -2.19. The molecule has 3 unspecified atom stereocenters. The maximum absolute atomic E-state index is 14.4. The number of halogens is 2. The Hall–Kier alpha value is -5.50. The first-order valence-corrected chi connectivity index (χ1v) is 21.9. The number of methoxy groups -OCH3 is 1. The number of benzene rings is 1. The van der Waals surface area contributed by atoms with Crippen LogP contribution in [0.25, 0.3) is 0 Å². The number of amides is 4. The van der Waals surface area contributed by atoms with Crippen LogP contribution in [0.15, 0.2) is 39.6 Å². The largest absolute Gasteiger partial charge is 0.480 e. The predicted molar refractivity (Wildman–Crippen MR) is 211 cm³/mol. The van der Waals surface area contributed by atoms with E-state index in [1.54, 1.807) is 11.6 Å². The van der Waals surface area contributed by atoms with Crippen LogP contribution in [0.5, 0.6) is 11.8 Å². The number of carbonyl (C=O) groups is 5. The quantitative estimate of drug-likeness (QED) is 0.0856. The van der Waals surface area contributed by atoms with Gasteiger partial charge in [0.25, 0.3) is 21.8 Å². The van der Waals surface area contributed by atoms with E-state index in [0.717, 1.165) is 41.2 Å². The molecule has 0 bridgehead atoms. The van der Waals surface area contributed by atoms with E-state index in [-0.39, 0.29) is 46.8 Å². The predicted octanol–water partition coefficient (Wildman–Crippen LogP) is 3.77. The molecular formula is C34H38ClFN7O13PS2. The van der Waals surface area contributed by atoms with Gasteiger partial charge in [-0.1, -0.05) is 17.5 Å². The summed E-state index contributed by atoms with van der Waals surface area (Å²) in [6, 6.07) is 1.10. The van der Waals surface area contributed by atoms with Gasteiger partial charge >= 0.3 is 24.0 Å². The first-order valence-electron chi connectivity index (χ1n) is 16.9. The molecule has 0 spiro atoms. The van der Waals surface area contributed by atoms with E-state index in [9.17, 15) is 41.3 Å². The number of carboxylic acids is 2. The number of aryl methyl sites for hydroxylation is 1. The van der Waals surface area contributed by atoms with Gasteiger partial charge in [-0.3, -0.25) is 24.3 Å². The first-order chi connectivity index (χ1) is 27.5. The molecule has 1 aliphatic carbocycles. The lowest BCUT2D eigenvalue weighted by Crippen LogP contribution is -2.35. The summed E-state index contributed by atoms with van der Waals surface area (Å²) in [5, 5.41) is 20.7. The van der Waals surface area contributed by atoms with Crippen LogP contribution in [0, 0.1) is 25.1 Å². The van der Waals surface area contributed by atoms with Crippen LogP contribution in [0.3, 0.4) is 0 Å². The van der Waals surface area contributed by atoms with E-state index in [1.165, 1.54) is 32.1 Å². The van der Waals surface area contributed by atoms with Gasteiger partial charge in [0.1, 0.15) is 33.2 Å². The zero-order valence-corrected chi connectivity index (χ0v) is 34.9. The Morgan fingerprint density at radius 1 is 1.15 bits per heavy atom. The Balaban J connectivity index is 0.000000254. The van der Waals surface area contributed by atoms with Crippen molar-refractivity contribution in [1.29, 1.82) is 0 Å². The minimum atomic E-state index is -4.37. The fraction of sp³-hybridized carbons (Fsp3) is 0.353. The molecule has 0 saturated heterocycles. The third-order valence-electron chi connectivity index (χ3n) is 7.82.